The zero-order valence-electron chi connectivity index (χ0n) is 18.9. The first-order valence-corrected chi connectivity index (χ1v) is 11.9. The number of carbonyl (C=O) groups is 1. The van der Waals surface area contributed by atoms with E-state index >= 15 is 0 Å². The van der Waals surface area contributed by atoms with Crippen molar-refractivity contribution in [2.45, 2.75) is 43.6 Å². The number of nitrogens with two attached hydrogens (primary N) is 1. The number of piperidine rings is 1. The van der Waals surface area contributed by atoms with Gasteiger partial charge in [-0.25, -0.2) is 18.7 Å². The predicted octanol–water partition coefficient (Wildman–Crippen LogP) is 2.41. The lowest BCUT2D eigenvalue weighted by Gasteiger charge is -2.42. The second-order valence-corrected chi connectivity index (χ2v) is 9.57. The Bertz CT molecular complexity index is 1150. The Morgan fingerprint density at radius 3 is 2.77 bits per heavy atom. The van der Waals surface area contributed by atoms with Gasteiger partial charge < -0.3 is 20.5 Å². The SMILES string of the molecule is NC1=C(c2ncc(Cl)cn2)CN(C(=O)c2ccc(F)cc2O[C@@H]2C[C@@H]3CC[C@H](C2O)N3CCF)C1. The van der Waals surface area contributed by atoms with Crippen LogP contribution in [-0.4, -0.2) is 81.4 Å². The largest absolute Gasteiger partial charge is 0.487 e. The predicted molar refractivity (Wildman–Crippen MR) is 125 cm³/mol. The van der Waals surface area contributed by atoms with E-state index in [4.69, 9.17) is 22.1 Å². The van der Waals surface area contributed by atoms with E-state index in [1.807, 2.05) is 4.90 Å². The van der Waals surface area contributed by atoms with Gasteiger partial charge in [-0.15, -0.1) is 0 Å². The molecule has 2 aromatic rings. The molecule has 5 rings (SSSR count). The van der Waals surface area contributed by atoms with Gasteiger partial charge in [0.05, 0.1) is 23.7 Å². The zero-order valence-corrected chi connectivity index (χ0v) is 19.7. The monoisotopic (exact) mass is 505 g/mol. The molecule has 0 spiro atoms. The van der Waals surface area contributed by atoms with Crippen molar-refractivity contribution in [1.82, 2.24) is 19.8 Å². The summed E-state index contributed by atoms with van der Waals surface area (Å²) in [5.41, 5.74) is 7.42. The molecular formula is C24H26ClF2N5O3. The van der Waals surface area contributed by atoms with Crippen molar-refractivity contribution in [2.75, 3.05) is 26.3 Å². The van der Waals surface area contributed by atoms with Gasteiger partial charge in [-0.05, 0) is 25.0 Å². The highest BCUT2D eigenvalue weighted by Crippen LogP contribution is 2.38. The third-order valence-corrected chi connectivity index (χ3v) is 7.24. The molecule has 1 amide bonds. The number of rotatable bonds is 6. The molecule has 2 saturated heterocycles. The second-order valence-electron chi connectivity index (χ2n) is 9.14. The van der Waals surface area contributed by atoms with E-state index in [2.05, 4.69) is 9.97 Å². The summed E-state index contributed by atoms with van der Waals surface area (Å²) in [4.78, 5) is 25.3. The number of amides is 1. The van der Waals surface area contributed by atoms with Crippen LogP contribution in [0.1, 0.15) is 35.4 Å². The number of hydrogen-bond acceptors (Lipinski definition) is 7. The minimum Gasteiger partial charge on any atom is -0.487 e. The van der Waals surface area contributed by atoms with Crippen LogP contribution >= 0.6 is 11.6 Å². The molecular weight excluding hydrogens is 480 g/mol. The van der Waals surface area contributed by atoms with E-state index in [0.717, 1.165) is 18.9 Å². The number of carbonyl (C=O) groups excluding carboxylic acids is 1. The van der Waals surface area contributed by atoms with Gasteiger partial charge in [0.15, 0.2) is 5.82 Å². The summed E-state index contributed by atoms with van der Waals surface area (Å²) >= 11 is 5.86. The molecule has 8 nitrogen and oxygen atoms in total. The fourth-order valence-electron chi connectivity index (χ4n) is 5.38. The normalized spacial score (nSPS) is 26.5. The Morgan fingerprint density at radius 1 is 1.26 bits per heavy atom. The molecule has 1 aromatic heterocycles. The van der Waals surface area contributed by atoms with Crippen LogP contribution < -0.4 is 10.5 Å². The highest BCUT2D eigenvalue weighted by Gasteiger charge is 2.47. The first-order valence-electron chi connectivity index (χ1n) is 11.6. The molecule has 0 saturated carbocycles. The molecule has 0 radical (unpaired) electrons. The molecule has 2 fully saturated rings. The van der Waals surface area contributed by atoms with Crippen LogP contribution in [0.15, 0.2) is 36.3 Å². The maximum Gasteiger partial charge on any atom is 0.258 e. The Hall–Kier alpha value is -2.82. The van der Waals surface area contributed by atoms with E-state index in [-0.39, 0.29) is 48.9 Å². The fraction of sp³-hybridized carbons (Fsp3) is 0.458. The lowest BCUT2D eigenvalue weighted by molar-refractivity contribution is -0.0654. The molecule has 3 aliphatic rings. The van der Waals surface area contributed by atoms with Crippen molar-refractivity contribution in [2.24, 2.45) is 5.73 Å². The lowest BCUT2D eigenvalue weighted by atomic mass is 9.96. The molecule has 3 aliphatic heterocycles. The van der Waals surface area contributed by atoms with Crippen LogP contribution in [0, 0.1) is 5.82 Å². The van der Waals surface area contributed by atoms with Gasteiger partial charge in [-0.2, -0.15) is 0 Å². The second kappa shape index (κ2) is 9.67. The van der Waals surface area contributed by atoms with Crippen molar-refractivity contribution < 1.29 is 23.4 Å². The number of halogens is 3. The van der Waals surface area contributed by atoms with Crippen molar-refractivity contribution in [3.8, 4) is 5.75 Å². The standard InChI is InChI=1S/C24H26ClF2N5O3/c25-13-9-29-23(30-10-13)17-11-31(12-18(17)28)24(34)16-3-1-14(27)7-20(16)35-21-8-15-2-4-19(22(21)33)32(15)6-5-26/h1,3,7,9-10,15,19,21-22,33H,2,4-6,8,11-12,28H2/t15-,19+,21+,22?/m0/s1. The molecule has 35 heavy (non-hydrogen) atoms. The average Bonchev–Trinajstić information content (AvgIpc) is 3.37. The van der Waals surface area contributed by atoms with Gasteiger partial charge in [0.2, 0.25) is 0 Å². The van der Waals surface area contributed by atoms with Crippen molar-refractivity contribution in [1.29, 1.82) is 0 Å². The Morgan fingerprint density at radius 2 is 2.03 bits per heavy atom. The van der Waals surface area contributed by atoms with Gasteiger partial charge in [0.1, 0.15) is 30.4 Å². The summed E-state index contributed by atoms with van der Waals surface area (Å²) in [6.45, 7) is 0.124. The molecule has 3 N–H and O–H groups in total. The summed E-state index contributed by atoms with van der Waals surface area (Å²) in [6, 6.07) is 3.60. The molecule has 4 heterocycles. The van der Waals surface area contributed by atoms with Crippen LogP contribution in [0.3, 0.4) is 0 Å². The van der Waals surface area contributed by atoms with Crippen molar-refractivity contribution in [3.63, 3.8) is 0 Å². The number of nitrogens with zero attached hydrogens (tertiary/aromatic N) is 4. The van der Waals surface area contributed by atoms with Crippen molar-refractivity contribution >= 4 is 23.1 Å². The number of aromatic nitrogens is 2. The Kier molecular flexibility index (Phi) is 6.61. The first-order chi connectivity index (χ1) is 16.9. The van der Waals surface area contributed by atoms with E-state index in [1.165, 1.54) is 29.4 Å². The zero-order chi connectivity index (χ0) is 24.7. The van der Waals surface area contributed by atoms with Crippen LogP contribution in [0.4, 0.5) is 8.78 Å². The van der Waals surface area contributed by atoms with Crippen LogP contribution in [-0.2, 0) is 0 Å². The number of benzene rings is 1. The van der Waals surface area contributed by atoms with Crippen LogP contribution in [0.25, 0.3) is 5.57 Å². The molecule has 186 valence electrons. The number of fused-ring (bicyclic) bond motifs is 2. The Balaban J connectivity index is 1.34. The number of aliphatic hydroxyl groups is 1. The van der Waals surface area contributed by atoms with E-state index in [0.29, 0.717) is 28.5 Å². The van der Waals surface area contributed by atoms with Crippen molar-refractivity contribution in [3.05, 3.63) is 58.5 Å². The molecule has 2 bridgehead atoms. The lowest BCUT2D eigenvalue weighted by Crippen LogP contribution is -2.56. The van der Waals surface area contributed by atoms with Gasteiger partial charge in [-0.1, -0.05) is 11.6 Å². The average molecular weight is 506 g/mol. The summed E-state index contributed by atoms with van der Waals surface area (Å²) in [5.74, 6) is -0.499. The molecule has 1 aromatic carbocycles. The van der Waals surface area contributed by atoms with Crippen LogP contribution in [0.2, 0.25) is 5.02 Å². The quantitative estimate of drug-likeness (QED) is 0.621. The van der Waals surface area contributed by atoms with Gasteiger partial charge in [0.25, 0.3) is 5.91 Å². The summed E-state index contributed by atoms with van der Waals surface area (Å²) < 4.78 is 33.2. The number of ether oxygens (including phenoxy) is 1. The summed E-state index contributed by atoms with van der Waals surface area (Å²) in [5, 5.41) is 11.3. The number of aliphatic hydroxyl groups excluding tert-OH is 1. The van der Waals surface area contributed by atoms with E-state index in [9.17, 15) is 18.7 Å². The fourth-order valence-corrected chi connectivity index (χ4v) is 5.48. The minimum atomic E-state index is -0.871. The highest BCUT2D eigenvalue weighted by molar-refractivity contribution is 6.30. The topological polar surface area (TPSA) is 105 Å². The maximum atomic E-state index is 14.2. The molecule has 0 aliphatic carbocycles. The summed E-state index contributed by atoms with van der Waals surface area (Å²) in [6.07, 6.45) is 3.47. The third-order valence-electron chi connectivity index (χ3n) is 7.04. The maximum absolute atomic E-state index is 14.2. The van der Waals surface area contributed by atoms with Crippen LogP contribution in [0.5, 0.6) is 5.75 Å². The molecule has 4 atom stereocenters. The summed E-state index contributed by atoms with van der Waals surface area (Å²) in [7, 11) is 0. The minimum absolute atomic E-state index is 0.0622. The Labute approximate surface area is 206 Å². The van der Waals surface area contributed by atoms with Gasteiger partial charge in [-0.3, -0.25) is 9.69 Å². The smallest absolute Gasteiger partial charge is 0.258 e. The van der Waals surface area contributed by atoms with Gasteiger partial charge in [0, 0.05) is 54.8 Å². The number of alkyl halides is 1. The highest BCUT2D eigenvalue weighted by atomic mass is 35.5. The number of hydrogen-bond donors (Lipinski definition) is 2. The van der Waals surface area contributed by atoms with Gasteiger partial charge >= 0.3 is 0 Å². The molecule has 11 heteroatoms. The first kappa shape index (κ1) is 23.9. The molecule has 1 unspecified atom stereocenters. The van der Waals surface area contributed by atoms with E-state index < -0.39 is 24.7 Å². The van der Waals surface area contributed by atoms with E-state index in [1.54, 1.807) is 0 Å². The third kappa shape index (κ3) is 4.57.